The monoisotopic (exact) mass is 340 g/mol. The van der Waals surface area contributed by atoms with Crippen molar-refractivity contribution in [2.45, 2.75) is 4.90 Å². The summed E-state index contributed by atoms with van der Waals surface area (Å²) in [7, 11) is -3.82. The van der Waals surface area contributed by atoms with Crippen molar-refractivity contribution in [1.82, 2.24) is 4.98 Å². The number of aromatic amines is 1. The van der Waals surface area contributed by atoms with Gasteiger partial charge < -0.3 is 4.98 Å². The van der Waals surface area contributed by atoms with Gasteiger partial charge in [-0.2, -0.15) is 0 Å². The van der Waals surface area contributed by atoms with Gasteiger partial charge in [0.15, 0.2) is 0 Å². The fourth-order valence-electron chi connectivity index (χ4n) is 2.05. The molecule has 3 rings (SSSR count). The summed E-state index contributed by atoms with van der Waals surface area (Å²) in [6.45, 7) is 0. The maximum atomic E-state index is 12.5. The largest absolute Gasteiger partial charge is 0.359 e. The Morgan fingerprint density at radius 3 is 2.67 bits per heavy atom. The third-order valence-corrected chi connectivity index (χ3v) is 5.10. The highest BCUT2D eigenvalue weighted by molar-refractivity contribution is 7.92. The first-order valence-corrected chi connectivity index (χ1v) is 8.25. The number of anilines is 1. The molecule has 0 aliphatic carbocycles. The Morgan fingerprint density at radius 2 is 1.86 bits per heavy atom. The van der Waals surface area contributed by atoms with Gasteiger partial charge in [-0.15, -0.1) is 0 Å². The van der Waals surface area contributed by atoms with Gasteiger partial charge in [0.1, 0.15) is 4.90 Å². The summed E-state index contributed by atoms with van der Waals surface area (Å²) in [6.07, 6.45) is 1.74. The van der Waals surface area contributed by atoms with Crippen LogP contribution in [0.15, 0.2) is 53.6 Å². The molecular weight excluding hydrogens is 331 g/mol. The number of para-hydroxylation sites is 1. The predicted octanol–water partition coefficient (Wildman–Crippen LogP) is 4.28. The number of halogens is 2. The molecule has 108 valence electrons. The van der Waals surface area contributed by atoms with E-state index in [9.17, 15) is 8.42 Å². The second-order valence-corrected chi connectivity index (χ2v) is 6.92. The van der Waals surface area contributed by atoms with Crippen LogP contribution in [0.25, 0.3) is 10.9 Å². The second-order valence-electron chi connectivity index (χ2n) is 4.43. The molecule has 0 spiro atoms. The number of fused-ring (bicyclic) bond motifs is 1. The normalized spacial score (nSPS) is 11.7. The SMILES string of the molecule is O=S(=O)(Nc1cccc2cc[nH]c12)c1cc(Cl)ccc1Cl. The standard InChI is InChI=1S/C14H10Cl2N2O2S/c15-10-4-5-11(16)13(8-10)21(19,20)18-12-3-1-2-9-6-7-17-14(9)12/h1-8,17-18H. The van der Waals surface area contributed by atoms with Crippen molar-refractivity contribution < 1.29 is 8.42 Å². The number of hydrogen-bond donors (Lipinski definition) is 2. The van der Waals surface area contributed by atoms with Gasteiger partial charge in [-0.3, -0.25) is 4.72 Å². The van der Waals surface area contributed by atoms with Gasteiger partial charge in [0.25, 0.3) is 10.0 Å². The van der Waals surface area contributed by atoms with Gasteiger partial charge in [-0.05, 0) is 30.3 Å². The van der Waals surface area contributed by atoms with Crippen LogP contribution in [0.4, 0.5) is 5.69 Å². The number of H-pyrrole nitrogens is 1. The van der Waals surface area contributed by atoms with E-state index in [1.807, 2.05) is 12.1 Å². The van der Waals surface area contributed by atoms with Crippen LogP contribution >= 0.6 is 23.2 Å². The van der Waals surface area contributed by atoms with Crippen molar-refractivity contribution in [3.05, 3.63) is 58.7 Å². The van der Waals surface area contributed by atoms with Crippen LogP contribution in [0.3, 0.4) is 0 Å². The molecule has 1 aromatic heterocycles. The zero-order valence-electron chi connectivity index (χ0n) is 10.6. The lowest BCUT2D eigenvalue weighted by atomic mass is 10.2. The van der Waals surface area contributed by atoms with Gasteiger partial charge in [0.2, 0.25) is 0 Å². The first-order valence-electron chi connectivity index (χ1n) is 6.01. The average molecular weight is 341 g/mol. The Balaban J connectivity index is 2.08. The molecule has 4 nitrogen and oxygen atoms in total. The highest BCUT2D eigenvalue weighted by atomic mass is 35.5. The molecular formula is C14H10Cl2N2O2S. The van der Waals surface area contributed by atoms with Crippen LogP contribution in [-0.2, 0) is 10.0 Å². The van der Waals surface area contributed by atoms with E-state index < -0.39 is 10.0 Å². The lowest BCUT2D eigenvalue weighted by Crippen LogP contribution is -2.13. The summed E-state index contributed by atoms with van der Waals surface area (Å²) in [5.74, 6) is 0. The maximum absolute atomic E-state index is 12.5. The van der Waals surface area contributed by atoms with Crippen molar-refractivity contribution in [3.8, 4) is 0 Å². The minimum Gasteiger partial charge on any atom is -0.359 e. The van der Waals surface area contributed by atoms with Gasteiger partial charge in [0.05, 0.1) is 16.2 Å². The van der Waals surface area contributed by atoms with E-state index in [1.54, 1.807) is 18.3 Å². The van der Waals surface area contributed by atoms with E-state index in [1.165, 1.54) is 18.2 Å². The Morgan fingerprint density at radius 1 is 1.05 bits per heavy atom. The number of hydrogen-bond acceptors (Lipinski definition) is 2. The molecule has 7 heteroatoms. The number of sulfonamides is 1. The van der Waals surface area contributed by atoms with Crippen LogP contribution in [0.5, 0.6) is 0 Å². The number of nitrogens with one attached hydrogen (secondary N) is 2. The molecule has 1 heterocycles. The minimum atomic E-state index is -3.82. The van der Waals surface area contributed by atoms with Crippen LogP contribution in [0, 0.1) is 0 Å². The second kappa shape index (κ2) is 5.26. The van der Waals surface area contributed by atoms with Crippen LogP contribution in [0.1, 0.15) is 0 Å². The van der Waals surface area contributed by atoms with Gasteiger partial charge in [0, 0.05) is 16.6 Å². The minimum absolute atomic E-state index is 0.0553. The smallest absolute Gasteiger partial charge is 0.263 e. The molecule has 0 saturated heterocycles. The first-order chi connectivity index (χ1) is 9.97. The highest BCUT2D eigenvalue weighted by Crippen LogP contribution is 2.29. The quantitative estimate of drug-likeness (QED) is 0.747. The van der Waals surface area contributed by atoms with Gasteiger partial charge in [-0.1, -0.05) is 35.3 Å². The summed E-state index contributed by atoms with van der Waals surface area (Å²) in [5.41, 5.74) is 1.16. The number of benzene rings is 2. The zero-order chi connectivity index (χ0) is 15.0. The summed E-state index contributed by atoms with van der Waals surface area (Å²) in [4.78, 5) is 2.95. The van der Waals surface area contributed by atoms with Gasteiger partial charge in [-0.25, -0.2) is 8.42 Å². The Labute approximate surface area is 131 Å². The van der Waals surface area contributed by atoms with Crippen molar-refractivity contribution in [2.75, 3.05) is 4.72 Å². The zero-order valence-corrected chi connectivity index (χ0v) is 12.9. The number of rotatable bonds is 3. The summed E-state index contributed by atoms with van der Waals surface area (Å²) in [6, 6.07) is 11.5. The van der Waals surface area contributed by atoms with Crippen LogP contribution < -0.4 is 4.72 Å². The third-order valence-electron chi connectivity index (χ3n) is 3.01. The molecule has 3 aromatic rings. The lowest BCUT2D eigenvalue weighted by Gasteiger charge is -2.10. The third kappa shape index (κ3) is 2.72. The van der Waals surface area contributed by atoms with Crippen molar-refractivity contribution in [1.29, 1.82) is 0 Å². The molecule has 0 radical (unpaired) electrons. The van der Waals surface area contributed by atoms with E-state index in [0.29, 0.717) is 16.2 Å². The summed E-state index contributed by atoms with van der Waals surface area (Å²) in [5, 5.41) is 1.33. The molecule has 2 aromatic carbocycles. The molecule has 0 aliphatic rings. The molecule has 0 bridgehead atoms. The molecule has 0 saturated carbocycles. The van der Waals surface area contributed by atoms with Crippen LogP contribution in [-0.4, -0.2) is 13.4 Å². The molecule has 21 heavy (non-hydrogen) atoms. The van der Waals surface area contributed by atoms with Crippen molar-refractivity contribution >= 4 is 49.8 Å². The fourth-order valence-corrected chi connectivity index (χ4v) is 3.89. The first kappa shape index (κ1) is 14.3. The predicted molar refractivity (Wildman–Crippen MR) is 85.6 cm³/mol. The summed E-state index contributed by atoms with van der Waals surface area (Å²) < 4.78 is 27.5. The molecule has 0 unspecified atom stereocenters. The average Bonchev–Trinajstić information content (AvgIpc) is 2.90. The summed E-state index contributed by atoms with van der Waals surface area (Å²) >= 11 is 11.8. The molecule has 0 atom stereocenters. The Kier molecular flexibility index (Phi) is 3.57. The maximum Gasteiger partial charge on any atom is 0.263 e. The van der Waals surface area contributed by atoms with Crippen molar-refractivity contribution in [2.24, 2.45) is 0 Å². The molecule has 0 fully saturated rings. The highest BCUT2D eigenvalue weighted by Gasteiger charge is 2.19. The van der Waals surface area contributed by atoms with Crippen LogP contribution in [0.2, 0.25) is 10.0 Å². The Hall–Kier alpha value is -1.69. The van der Waals surface area contributed by atoms with Gasteiger partial charge >= 0.3 is 0 Å². The van der Waals surface area contributed by atoms with E-state index in [-0.39, 0.29) is 9.92 Å². The lowest BCUT2D eigenvalue weighted by molar-refractivity contribution is 0.601. The molecule has 2 N–H and O–H groups in total. The van der Waals surface area contributed by atoms with E-state index >= 15 is 0 Å². The molecule has 0 aliphatic heterocycles. The van der Waals surface area contributed by atoms with Crippen molar-refractivity contribution in [3.63, 3.8) is 0 Å². The molecule has 0 amide bonds. The number of aromatic nitrogens is 1. The van der Waals surface area contributed by atoms with E-state index in [4.69, 9.17) is 23.2 Å². The fraction of sp³-hybridized carbons (Fsp3) is 0. The van der Waals surface area contributed by atoms with E-state index in [2.05, 4.69) is 9.71 Å². The Bertz CT molecular complexity index is 920. The topological polar surface area (TPSA) is 62.0 Å². The van der Waals surface area contributed by atoms with E-state index in [0.717, 1.165) is 5.39 Å².